The third-order valence-electron chi connectivity index (χ3n) is 1.32. The number of benzene rings is 1. The van der Waals surface area contributed by atoms with Crippen LogP contribution in [0.15, 0.2) is 12.1 Å². The van der Waals surface area contributed by atoms with Crippen LogP contribution in [-0.2, 0) is 0 Å². The Kier molecular flexibility index (Phi) is 6.02. The Morgan fingerprint density at radius 2 is 1.33 bits per heavy atom. The fraction of sp³-hybridized carbons (Fsp3) is 0. The van der Waals surface area contributed by atoms with Gasteiger partial charge < -0.3 is 20.1 Å². The number of hydrogen-bond donors (Lipinski definition) is 4. The lowest BCUT2D eigenvalue weighted by molar-refractivity contribution is 0.421. The SMILES string of the molecule is OB(O)c1cc(F)c(F)cc1F.O[B]O. The summed E-state index contributed by atoms with van der Waals surface area (Å²) in [4.78, 5) is 0. The first-order valence-corrected chi connectivity index (χ1v) is 3.54. The van der Waals surface area contributed by atoms with Gasteiger partial charge in [0.05, 0.1) is 0 Å². The van der Waals surface area contributed by atoms with E-state index in [1.807, 2.05) is 0 Å². The van der Waals surface area contributed by atoms with Gasteiger partial charge in [0.2, 0.25) is 0 Å². The molecular formula is C6H6B2F3O4. The van der Waals surface area contributed by atoms with E-state index in [4.69, 9.17) is 20.1 Å². The first-order valence-electron chi connectivity index (χ1n) is 3.54. The molecule has 0 aliphatic carbocycles. The number of hydrogen-bond acceptors (Lipinski definition) is 4. The number of halogens is 3. The van der Waals surface area contributed by atoms with Crippen LogP contribution in [0.4, 0.5) is 13.2 Å². The number of rotatable bonds is 1. The van der Waals surface area contributed by atoms with Gasteiger partial charge in [-0.25, -0.2) is 13.2 Å². The minimum Gasteiger partial charge on any atom is -0.429 e. The van der Waals surface area contributed by atoms with Gasteiger partial charge in [-0.05, 0) is 6.07 Å². The van der Waals surface area contributed by atoms with E-state index in [0.29, 0.717) is 6.07 Å². The van der Waals surface area contributed by atoms with Crippen molar-refractivity contribution >= 4 is 20.3 Å². The van der Waals surface area contributed by atoms with Crippen LogP contribution in [0, 0.1) is 17.5 Å². The van der Waals surface area contributed by atoms with Gasteiger partial charge in [-0.2, -0.15) is 0 Å². The molecule has 0 atom stereocenters. The molecule has 0 saturated carbocycles. The molecule has 0 spiro atoms. The van der Waals surface area contributed by atoms with E-state index in [-0.39, 0.29) is 13.8 Å². The molecule has 4 nitrogen and oxygen atoms in total. The Morgan fingerprint density at radius 3 is 1.73 bits per heavy atom. The van der Waals surface area contributed by atoms with Gasteiger partial charge >= 0.3 is 14.8 Å². The minimum atomic E-state index is -2.14. The maximum absolute atomic E-state index is 12.6. The Balaban J connectivity index is 0.000000583. The van der Waals surface area contributed by atoms with Crippen molar-refractivity contribution < 1.29 is 33.3 Å². The van der Waals surface area contributed by atoms with Crippen LogP contribution in [0.5, 0.6) is 0 Å². The average Bonchev–Trinajstić information content (AvgIpc) is 2.12. The molecule has 1 radical (unpaired) electrons. The van der Waals surface area contributed by atoms with Crippen molar-refractivity contribution in [3.05, 3.63) is 29.6 Å². The van der Waals surface area contributed by atoms with E-state index in [1.54, 1.807) is 0 Å². The highest BCUT2D eigenvalue weighted by molar-refractivity contribution is 6.58. The molecule has 4 N–H and O–H groups in total. The molecule has 0 fully saturated rings. The highest BCUT2D eigenvalue weighted by atomic mass is 19.2. The van der Waals surface area contributed by atoms with E-state index in [0.717, 1.165) is 0 Å². The molecule has 1 aromatic carbocycles. The normalized spacial score (nSPS) is 9.00. The van der Waals surface area contributed by atoms with E-state index in [9.17, 15) is 13.2 Å². The van der Waals surface area contributed by atoms with E-state index < -0.39 is 30.0 Å². The first-order chi connectivity index (χ1) is 6.93. The molecule has 1 aromatic rings. The fourth-order valence-corrected chi connectivity index (χ4v) is 0.736. The lowest BCUT2D eigenvalue weighted by Crippen LogP contribution is -2.33. The second-order valence-corrected chi connectivity index (χ2v) is 2.28. The summed E-state index contributed by atoms with van der Waals surface area (Å²) in [5.41, 5.74) is -0.686. The first kappa shape index (κ1) is 14.0. The smallest absolute Gasteiger partial charge is 0.429 e. The van der Waals surface area contributed by atoms with Crippen LogP contribution in [-0.4, -0.2) is 34.9 Å². The quantitative estimate of drug-likeness (QED) is 0.336. The average molecular weight is 221 g/mol. The standard InChI is InChI=1S/C6H4BF3O2.BH2O2/c8-4-2-6(10)5(9)1-3(4)7(11)12;2-1-3/h1-2,11-12H;2-3H. The summed E-state index contributed by atoms with van der Waals surface area (Å²) >= 11 is 0. The van der Waals surface area contributed by atoms with Crippen molar-refractivity contribution in [2.45, 2.75) is 0 Å². The van der Waals surface area contributed by atoms with Crippen molar-refractivity contribution in [1.82, 2.24) is 0 Å². The van der Waals surface area contributed by atoms with E-state index in [1.165, 1.54) is 0 Å². The highest BCUT2D eigenvalue weighted by Gasteiger charge is 2.19. The van der Waals surface area contributed by atoms with E-state index in [2.05, 4.69) is 0 Å². The molecule has 0 heterocycles. The molecule has 1 rings (SSSR count). The topological polar surface area (TPSA) is 80.9 Å². The van der Waals surface area contributed by atoms with Crippen LogP contribution in [0.25, 0.3) is 0 Å². The van der Waals surface area contributed by atoms with Crippen LogP contribution < -0.4 is 5.46 Å². The Hall–Kier alpha value is -1.02. The summed E-state index contributed by atoms with van der Waals surface area (Å²) in [6.45, 7) is 0. The maximum Gasteiger partial charge on any atom is 0.491 e. The molecule has 0 amide bonds. The van der Waals surface area contributed by atoms with Gasteiger partial charge in [-0.1, -0.05) is 0 Å². The molecule has 0 saturated heterocycles. The third kappa shape index (κ3) is 4.34. The van der Waals surface area contributed by atoms with Crippen molar-refractivity contribution in [3.63, 3.8) is 0 Å². The van der Waals surface area contributed by atoms with Crippen molar-refractivity contribution in [1.29, 1.82) is 0 Å². The molecule has 0 bridgehead atoms. The van der Waals surface area contributed by atoms with E-state index >= 15 is 0 Å². The zero-order valence-electron chi connectivity index (χ0n) is 7.23. The zero-order chi connectivity index (χ0) is 12.0. The summed E-state index contributed by atoms with van der Waals surface area (Å²) in [6.07, 6.45) is 0. The molecule has 0 aliphatic heterocycles. The largest absolute Gasteiger partial charge is 0.491 e. The van der Waals surface area contributed by atoms with Crippen molar-refractivity contribution in [2.75, 3.05) is 0 Å². The van der Waals surface area contributed by atoms with Crippen LogP contribution in [0.2, 0.25) is 0 Å². The second-order valence-electron chi connectivity index (χ2n) is 2.28. The van der Waals surface area contributed by atoms with Crippen molar-refractivity contribution in [3.8, 4) is 0 Å². The molecule has 0 aliphatic rings. The lowest BCUT2D eigenvalue weighted by atomic mass is 9.80. The third-order valence-corrected chi connectivity index (χ3v) is 1.32. The Morgan fingerprint density at radius 1 is 0.933 bits per heavy atom. The van der Waals surface area contributed by atoms with Gasteiger partial charge in [0, 0.05) is 11.5 Å². The van der Waals surface area contributed by atoms with Gasteiger partial charge in [0.25, 0.3) is 0 Å². The molecule has 0 unspecified atom stereocenters. The predicted molar refractivity (Wildman–Crippen MR) is 46.3 cm³/mol. The van der Waals surface area contributed by atoms with Gasteiger partial charge in [0.15, 0.2) is 11.6 Å². The maximum atomic E-state index is 12.6. The minimum absolute atomic E-state index is 0. The van der Waals surface area contributed by atoms with Crippen LogP contribution in [0.3, 0.4) is 0 Å². The lowest BCUT2D eigenvalue weighted by Gasteiger charge is -2.01. The second kappa shape index (κ2) is 6.46. The van der Waals surface area contributed by atoms with Gasteiger partial charge in [-0.3, -0.25) is 0 Å². The zero-order valence-corrected chi connectivity index (χ0v) is 7.23. The monoisotopic (exact) mass is 221 g/mol. The summed E-state index contributed by atoms with van der Waals surface area (Å²) in [5.74, 6) is -3.87. The molecule has 81 valence electrons. The summed E-state index contributed by atoms with van der Waals surface area (Å²) in [6, 6.07) is 0.652. The summed E-state index contributed by atoms with van der Waals surface area (Å²) in [7, 11) is -2.14. The molecular weight excluding hydrogens is 215 g/mol. The predicted octanol–water partition coefficient (Wildman–Crippen LogP) is -1.71. The summed E-state index contributed by atoms with van der Waals surface area (Å²) in [5, 5.41) is 30.9. The highest BCUT2D eigenvalue weighted by Crippen LogP contribution is 2.05. The Labute approximate surface area is 84.1 Å². The van der Waals surface area contributed by atoms with Gasteiger partial charge in [0.1, 0.15) is 5.82 Å². The Bertz CT molecular complexity index is 323. The fourth-order valence-electron chi connectivity index (χ4n) is 0.736. The molecule has 9 heteroatoms. The van der Waals surface area contributed by atoms with Gasteiger partial charge in [-0.15, -0.1) is 0 Å². The summed E-state index contributed by atoms with van der Waals surface area (Å²) < 4.78 is 37.2. The molecule has 0 aromatic heterocycles. The molecule has 15 heavy (non-hydrogen) atoms. The van der Waals surface area contributed by atoms with Crippen LogP contribution in [0.1, 0.15) is 0 Å². The van der Waals surface area contributed by atoms with Crippen molar-refractivity contribution in [2.24, 2.45) is 0 Å². The van der Waals surface area contributed by atoms with Crippen LogP contribution >= 0.6 is 0 Å².